The fourth-order valence-electron chi connectivity index (χ4n) is 4.50. The molecule has 2 unspecified atom stereocenters. The number of carbonyl (C=O) groups is 2. The highest BCUT2D eigenvalue weighted by molar-refractivity contribution is 6.30. The van der Waals surface area contributed by atoms with Crippen molar-refractivity contribution in [2.75, 3.05) is 13.2 Å². The highest BCUT2D eigenvalue weighted by atomic mass is 35.5. The van der Waals surface area contributed by atoms with Crippen molar-refractivity contribution in [1.82, 2.24) is 10.2 Å². The smallest absolute Gasteiger partial charge is 0.407 e. The van der Waals surface area contributed by atoms with Crippen molar-refractivity contribution in [3.8, 4) is 0 Å². The first-order valence-corrected chi connectivity index (χ1v) is 9.72. The molecule has 29 heavy (non-hydrogen) atoms. The van der Waals surface area contributed by atoms with Crippen LogP contribution in [0.5, 0.6) is 0 Å². The van der Waals surface area contributed by atoms with Crippen molar-refractivity contribution in [2.24, 2.45) is 5.92 Å². The molecule has 10 heteroatoms. The fourth-order valence-corrected chi connectivity index (χ4v) is 4.69. The molecule has 1 N–H and O–H groups in total. The summed E-state index contributed by atoms with van der Waals surface area (Å²) in [5.74, 6) is -5.54. The highest BCUT2D eigenvalue weighted by Crippen LogP contribution is 2.48. The van der Waals surface area contributed by atoms with Gasteiger partial charge in [0.2, 0.25) is 5.91 Å². The molecule has 3 aliphatic rings. The summed E-state index contributed by atoms with van der Waals surface area (Å²) in [6.45, 7) is -1.19. The Balaban J connectivity index is 1.73. The van der Waals surface area contributed by atoms with E-state index in [4.69, 9.17) is 16.3 Å². The van der Waals surface area contributed by atoms with E-state index in [9.17, 15) is 18.4 Å². The Morgan fingerprint density at radius 1 is 1.34 bits per heavy atom. The van der Waals surface area contributed by atoms with Gasteiger partial charge in [-0.15, -0.1) is 0 Å². The Morgan fingerprint density at radius 3 is 2.72 bits per heavy atom. The van der Waals surface area contributed by atoms with Crippen molar-refractivity contribution < 1.29 is 31.9 Å². The Kier molecular flexibility index (Phi) is 4.91. The van der Waals surface area contributed by atoms with Gasteiger partial charge in [-0.1, -0.05) is 23.7 Å². The molecule has 5 nitrogen and oxygen atoms in total. The molecule has 0 radical (unpaired) electrons. The molecular formula is C19H19ClF4N2O3. The number of alkyl halides is 3. The largest absolute Gasteiger partial charge is 0.449 e. The van der Waals surface area contributed by atoms with E-state index in [0.717, 1.165) is 4.90 Å². The van der Waals surface area contributed by atoms with E-state index in [1.54, 1.807) is 0 Å². The molecule has 158 valence electrons. The summed E-state index contributed by atoms with van der Waals surface area (Å²) in [6.07, 6.45) is -2.73. The standard InChI is InChI=1S/C19H19ClF4N2O3/c20-13-3-1-2-10(15(13)22)8-14-18(4-5-29-17(28)25-18)19(23,24)9-26(14)16(27)11-6-12(21)7-11/h1-3,11-12,14H,4-9H2,(H,25,28). The van der Waals surface area contributed by atoms with Crippen LogP contribution >= 0.6 is 11.6 Å². The van der Waals surface area contributed by atoms with Gasteiger partial charge >= 0.3 is 6.09 Å². The van der Waals surface area contributed by atoms with Crippen molar-refractivity contribution >= 4 is 23.6 Å². The normalized spacial score (nSPS) is 33.2. The highest BCUT2D eigenvalue weighted by Gasteiger charge is 2.69. The number of ether oxygens (including phenoxy) is 1. The first-order valence-electron chi connectivity index (χ1n) is 9.35. The van der Waals surface area contributed by atoms with Gasteiger partial charge in [0.25, 0.3) is 5.92 Å². The lowest BCUT2D eigenvalue weighted by Crippen LogP contribution is -2.68. The topological polar surface area (TPSA) is 58.6 Å². The SMILES string of the molecule is O=C1NC2(CCO1)C(Cc1cccc(Cl)c1F)N(C(=O)C1CC(F)C1)CC2(F)F. The minimum Gasteiger partial charge on any atom is -0.449 e. The minimum atomic E-state index is -3.47. The predicted octanol–water partition coefficient (Wildman–Crippen LogP) is 3.48. The zero-order valence-corrected chi connectivity index (χ0v) is 16.0. The van der Waals surface area contributed by atoms with Crippen LogP contribution in [0.15, 0.2) is 18.2 Å². The molecule has 0 aromatic heterocycles. The van der Waals surface area contributed by atoms with Crippen molar-refractivity contribution in [3.05, 3.63) is 34.6 Å². The van der Waals surface area contributed by atoms with E-state index in [-0.39, 0.29) is 42.9 Å². The van der Waals surface area contributed by atoms with Crippen LogP contribution in [-0.4, -0.2) is 53.7 Å². The van der Waals surface area contributed by atoms with Crippen LogP contribution in [0.1, 0.15) is 24.8 Å². The Morgan fingerprint density at radius 2 is 2.07 bits per heavy atom. The monoisotopic (exact) mass is 434 g/mol. The van der Waals surface area contributed by atoms with Gasteiger partial charge < -0.3 is 15.0 Å². The quantitative estimate of drug-likeness (QED) is 0.741. The first-order chi connectivity index (χ1) is 13.6. The van der Waals surface area contributed by atoms with Gasteiger partial charge in [-0.3, -0.25) is 4.79 Å². The Hall–Kier alpha value is -2.03. The predicted molar refractivity (Wildman–Crippen MR) is 95.0 cm³/mol. The first kappa shape index (κ1) is 20.3. The van der Waals surface area contributed by atoms with Crippen molar-refractivity contribution in [2.45, 2.75) is 49.4 Å². The lowest BCUT2D eigenvalue weighted by Gasteiger charge is -2.43. The second-order valence-corrected chi connectivity index (χ2v) is 8.26. The molecule has 0 bridgehead atoms. The van der Waals surface area contributed by atoms with Crippen LogP contribution in [0.4, 0.5) is 22.4 Å². The molecule has 1 aromatic carbocycles. The maximum absolute atomic E-state index is 15.2. The molecule has 2 heterocycles. The van der Waals surface area contributed by atoms with Gasteiger partial charge in [0.05, 0.1) is 24.2 Å². The van der Waals surface area contributed by atoms with E-state index in [1.807, 2.05) is 0 Å². The Bertz CT molecular complexity index is 849. The van der Waals surface area contributed by atoms with Crippen LogP contribution in [0, 0.1) is 11.7 Å². The van der Waals surface area contributed by atoms with Gasteiger partial charge in [-0.05, 0) is 30.9 Å². The Labute approximate surface area is 169 Å². The van der Waals surface area contributed by atoms with Crippen LogP contribution in [0.25, 0.3) is 0 Å². The summed E-state index contributed by atoms with van der Waals surface area (Å²) < 4.78 is 62.9. The van der Waals surface area contributed by atoms with E-state index < -0.39 is 54.0 Å². The summed E-state index contributed by atoms with van der Waals surface area (Å²) in [5, 5.41) is 2.05. The molecule has 2 amide bonds. The average Bonchev–Trinajstić information content (AvgIpc) is 2.83. The molecule has 2 saturated heterocycles. The maximum atomic E-state index is 15.2. The molecule has 1 spiro atoms. The number of alkyl carbamates (subject to hydrolysis) is 1. The summed E-state index contributed by atoms with van der Waals surface area (Å²) >= 11 is 5.82. The summed E-state index contributed by atoms with van der Waals surface area (Å²) in [7, 11) is 0. The zero-order chi connectivity index (χ0) is 21.0. The minimum absolute atomic E-state index is 0.0262. The van der Waals surface area contributed by atoms with Crippen LogP contribution in [0.3, 0.4) is 0 Å². The lowest BCUT2D eigenvalue weighted by atomic mass is 9.79. The molecule has 3 fully saturated rings. The fraction of sp³-hybridized carbons (Fsp3) is 0.579. The van der Waals surface area contributed by atoms with E-state index in [1.165, 1.54) is 18.2 Å². The number of nitrogens with zero attached hydrogens (tertiary/aromatic N) is 1. The van der Waals surface area contributed by atoms with Gasteiger partial charge in [0.1, 0.15) is 17.5 Å². The van der Waals surface area contributed by atoms with Gasteiger partial charge in [0.15, 0.2) is 0 Å². The van der Waals surface area contributed by atoms with Crippen molar-refractivity contribution in [1.29, 1.82) is 0 Å². The molecule has 1 aliphatic carbocycles. The number of nitrogens with one attached hydrogen (secondary N) is 1. The lowest BCUT2D eigenvalue weighted by molar-refractivity contribution is -0.142. The molecule has 2 aliphatic heterocycles. The number of amides is 2. The van der Waals surface area contributed by atoms with Crippen LogP contribution in [0.2, 0.25) is 5.02 Å². The molecule has 1 aromatic rings. The van der Waals surface area contributed by atoms with E-state index >= 15 is 8.78 Å². The average molecular weight is 435 g/mol. The van der Waals surface area contributed by atoms with E-state index in [0.29, 0.717) is 0 Å². The molecule has 2 atom stereocenters. The summed E-state index contributed by atoms with van der Waals surface area (Å²) in [4.78, 5) is 25.7. The summed E-state index contributed by atoms with van der Waals surface area (Å²) in [6, 6.07) is 2.98. The molecule has 1 saturated carbocycles. The number of carbonyl (C=O) groups excluding carboxylic acids is 2. The van der Waals surface area contributed by atoms with Gasteiger partial charge in [0, 0.05) is 12.3 Å². The van der Waals surface area contributed by atoms with Crippen molar-refractivity contribution in [3.63, 3.8) is 0 Å². The number of hydrogen-bond donors (Lipinski definition) is 1. The molecular weight excluding hydrogens is 416 g/mol. The van der Waals surface area contributed by atoms with E-state index in [2.05, 4.69) is 5.32 Å². The maximum Gasteiger partial charge on any atom is 0.407 e. The number of benzene rings is 1. The zero-order valence-electron chi connectivity index (χ0n) is 15.3. The van der Waals surface area contributed by atoms with Crippen LogP contribution in [-0.2, 0) is 16.0 Å². The number of cyclic esters (lactones) is 1. The number of likely N-dealkylation sites (tertiary alicyclic amines) is 1. The third-order valence-electron chi connectivity index (χ3n) is 6.18. The van der Waals surface area contributed by atoms with Crippen LogP contribution < -0.4 is 5.32 Å². The number of halogens is 5. The second-order valence-electron chi connectivity index (χ2n) is 7.85. The van der Waals surface area contributed by atoms with Gasteiger partial charge in [-0.2, -0.15) is 0 Å². The number of hydrogen-bond acceptors (Lipinski definition) is 3. The summed E-state index contributed by atoms with van der Waals surface area (Å²) in [5.41, 5.74) is -2.05. The third-order valence-corrected chi connectivity index (χ3v) is 6.47. The molecule has 4 rings (SSSR count). The number of rotatable bonds is 3. The second kappa shape index (κ2) is 7.04. The van der Waals surface area contributed by atoms with Gasteiger partial charge in [-0.25, -0.2) is 22.4 Å². The third kappa shape index (κ3) is 3.23.